The van der Waals surface area contributed by atoms with Crippen LogP contribution in [-0.4, -0.2) is 25.8 Å². The van der Waals surface area contributed by atoms with Crippen LogP contribution < -0.4 is 5.32 Å². The molecule has 3 aromatic rings. The third-order valence-corrected chi connectivity index (χ3v) is 3.13. The van der Waals surface area contributed by atoms with Crippen LogP contribution in [0.1, 0.15) is 21.7 Å². The highest BCUT2D eigenvalue weighted by Gasteiger charge is 2.10. The molecule has 104 valence electrons. The molecule has 2 aromatic heterocycles. The third kappa shape index (κ3) is 2.69. The van der Waals surface area contributed by atoms with Crippen LogP contribution in [0.15, 0.2) is 36.7 Å². The van der Waals surface area contributed by atoms with Gasteiger partial charge in [-0.15, -0.1) is 0 Å². The van der Waals surface area contributed by atoms with E-state index in [1.807, 2.05) is 13.8 Å². The molecule has 0 aliphatic rings. The Kier molecular flexibility index (Phi) is 3.27. The summed E-state index contributed by atoms with van der Waals surface area (Å²) in [7, 11) is 0. The molecule has 0 saturated heterocycles. The quantitative estimate of drug-likeness (QED) is 0.778. The fourth-order valence-corrected chi connectivity index (χ4v) is 1.91. The summed E-state index contributed by atoms with van der Waals surface area (Å²) in [6, 6.07) is 6.90. The zero-order chi connectivity index (χ0) is 14.8. The Morgan fingerprint density at radius 1 is 1.00 bits per heavy atom. The molecule has 0 aliphatic carbocycles. The second kappa shape index (κ2) is 5.24. The molecule has 0 saturated carbocycles. The smallest absolute Gasteiger partial charge is 0.258 e. The minimum absolute atomic E-state index is 0.272. The van der Waals surface area contributed by atoms with Crippen LogP contribution in [0, 0.1) is 13.8 Å². The molecule has 0 fully saturated rings. The van der Waals surface area contributed by atoms with Crippen LogP contribution in [0.2, 0.25) is 0 Å². The molecule has 3 rings (SSSR count). The maximum atomic E-state index is 12.2. The van der Waals surface area contributed by atoms with Crippen LogP contribution in [-0.2, 0) is 0 Å². The monoisotopic (exact) mass is 279 g/mol. The van der Waals surface area contributed by atoms with E-state index in [0.29, 0.717) is 11.1 Å². The highest BCUT2D eigenvalue weighted by Crippen LogP contribution is 2.15. The first-order valence-electron chi connectivity index (χ1n) is 6.47. The van der Waals surface area contributed by atoms with Gasteiger partial charge in [0.25, 0.3) is 5.91 Å². The number of nitrogens with zero attached hydrogens (tertiary/aromatic N) is 4. The average molecular weight is 279 g/mol. The van der Waals surface area contributed by atoms with Crippen molar-refractivity contribution in [3.63, 3.8) is 0 Å². The number of rotatable bonds is 2. The summed E-state index contributed by atoms with van der Waals surface area (Å²) in [6.07, 6.45) is 3.14. The SMILES string of the molecule is Cc1nc2ccc(C(=O)Nc3ncccn3)cc2nc1C. The highest BCUT2D eigenvalue weighted by atomic mass is 16.1. The molecular weight excluding hydrogens is 266 g/mol. The molecule has 1 N–H and O–H groups in total. The van der Waals surface area contributed by atoms with Crippen LogP contribution >= 0.6 is 0 Å². The molecule has 1 aromatic carbocycles. The summed E-state index contributed by atoms with van der Waals surface area (Å²) in [5.74, 6) is -0.00287. The molecular formula is C15H13N5O. The molecule has 0 aliphatic heterocycles. The summed E-state index contributed by atoms with van der Waals surface area (Å²) in [6.45, 7) is 3.81. The summed E-state index contributed by atoms with van der Waals surface area (Å²) in [5, 5.41) is 2.64. The second-order valence-electron chi connectivity index (χ2n) is 4.62. The van der Waals surface area contributed by atoms with Gasteiger partial charge in [0.05, 0.1) is 22.4 Å². The Morgan fingerprint density at radius 2 is 1.67 bits per heavy atom. The Morgan fingerprint density at radius 3 is 2.38 bits per heavy atom. The van der Waals surface area contributed by atoms with Gasteiger partial charge in [-0.05, 0) is 38.1 Å². The maximum absolute atomic E-state index is 12.2. The number of amides is 1. The first-order valence-corrected chi connectivity index (χ1v) is 6.47. The summed E-state index contributed by atoms with van der Waals surface area (Å²) in [5.41, 5.74) is 3.70. The van der Waals surface area contributed by atoms with Gasteiger partial charge in [-0.1, -0.05) is 0 Å². The number of carbonyl (C=O) groups is 1. The average Bonchev–Trinajstić information content (AvgIpc) is 2.49. The Bertz CT molecular complexity index is 817. The number of hydrogen-bond acceptors (Lipinski definition) is 5. The summed E-state index contributed by atoms with van der Waals surface area (Å²) in [4.78, 5) is 29.0. The van der Waals surface area contributed by atoms with Crippen molar-refractivity contribution in [2.24, 2.45) is 0 Å². The minimum Gasteiger partial charge on any atom is -0.290 e. The lowest BCUT2D eigenvalue weighted by atomic mass is 10.1. The first kappa shape index (κ1) is 13.1. The predicted molar refractivity (Wildman–Crippen MR) is 79.0 cm³/mol. The molecule has 0 atom stereocenters. The molecule has 0 spiro atoms. The van der Waals surface area contributed by atoms with Gasteiger partial charge in [-0.3, -0.25) is 10.1 Å². The van der Waals surface area contributed by atoms with Crippen molar-refractivity contribution in [2.75, 3.05) is 5.32 Å². The number of nitrogens with one attached hydrogen (secondary N) is 1. The largest absolute Gasteiger partial charge is 0.290 e. The van der Waals surface area contributed by atoms with E-state index in [2.05, 4.69) is 25.3 Å². The van der Waals surface area contributed by atoms with Gasteiger partial charge in [0, 0.05) is 18.0 Å². The molecule has 6 nitrogen and oxygen atoms in total. The fraction of sp³-hybridized carbons (Fsp3) is 0.133. The van der Waals surface area contributed by atoms with Crippen molar-refractivity contribution < 1.29 is 4.79 Å². The zero-order valence-electron chi connectivity index (χ0n) is 11.7. The number of carbonyl (C=O) groups excluding carboxylic acids is 1. The van der Waals surface area contributed by atoms with Crippen molar-refractivity contribution in [1.82, 2.24) is 19.9 Å². The lowest BCUT2D eigenvalue weighted by Gasteiger charge is -2.06. The van der Waals surface area contributed by atoms with E-state index in [9.17, 15) is 4.79 Å². The van der Waals surface area contributed by atoms with E-state index in [0.717, 1.165) is 16.9 Å². The summed E-state index contributed by atoms with van der Waals surface area (Å²) >= 11 is 0. The van der Waals surface area contributed by atoms with Crippen LogP contribution in [0.3, 0.4) is 0 Å². The van der Waals surface area contributed by atoms with E-state index in [1.165, 1.54) is 0 Å². The summed E-state index contributed by atoms with van der Waals surface area (Å²) < 4.78 is 0. The number of aromatic nitrogens is 4. The van der Waals surface area contributed by atoms with Gasteiger partial charge in [0.1, 0.15) is 0 Å². The van der Waals surface area contributed by atoms with E-state index in [-0.39, 0.29) is 11.9 Å². The van der Waals surface area contributed by atoms with Crippen LogP contribution in [0.4, 0.5) is 5.95 Å². The topological polar surface area (TPSA) is 80.7 Å². The number of aryl methyl sites for hydroxylation is 2. The molecule has 0 unspecified atom stereocenters. The highest BCUT2D eigenvalue weighted by molar-refractivity contribution is 6.05. The van der Waals surface area contributed by atoms with E-state index < -0.39 is 0 Å². The van der Waals surface area contributed by atoms with Gasteiger partial charge in [-0.25, -0.2) is 19.9 Å². The number of benzene rings is 1. The second-order valence-corrected chi connectivity index (χ2v) is 4.62. The normalized spacial score (nSPS) is 10.6. The third-order valence-electron chi connectivity index (χ3n) is 3.13. The van der Waals surface area contributed by atoms with Crippen LogP contribution in [0.5, 0.6) is 0 Å². The van der Waals surface area contributed by atoms with Crippen molar-refractivity contribution >= 4 is 22.9 Å². The van der Waals surface area contributed by atoms with Crippen molar-refractivity contribution in [1.29, 1.82) is 0 Å². The number of anilines is 1. The Balaban J connectivity index is 1.93. The molecule has 6 heteroatoms. The molecule has 21 heavy (non-hydrogen) atoms. The lowest BCUT2D eigenvalue weighted by molar-refractivity contribution is 0.102. The Hall–Kier alpha value is -2.89. The van der Waals surface area contributed by atoms with Crippen molar-refractivity contribution in [3.8, 4) is 0 Å². The number of hydrogen-bond donors (Lipinski definition) is 1. The molecule has 0 bridgehead atoms. The minimum atomic E-state index is -0.275. The lowest BCUT2D eigenvalue weighted by Crippen LogP contribution is -2.14. The van der Waals surface area contributed by atoms with Crippen molar-refractivity contribution in [2.45, 2.75) is 13.8 Å². The molecule has 0 radical (unpaired) electrons. The standard InChI is InChI=1S/C15H13N5O/c1-9-10(2)19-13-8-11(4-5-12(13)18-9)14(21)20-15-16-6-3-7-17-15/h3-8H,1-2H3,(H,16,17,20,21). The number of fused-ring (bicyclic) bond motifs is 1. The van der Waals surface area contributed by atoms with Gasteiger partial charge >= 0.3 is 0 Å². The fourth-order valence-electron chi connectivity index (χ4n) is 1.91. The van der Waals surface area contributed by atoms with Gasteiger partial charge < -0.3 is 0 Å². The predicted octanol–water partition coefficient (Wildman–Crippen LogP) is 2.29. The van der Waals surface area contributed by atoms with Crippen molar-refractivity contribution in [3.05, 3.63) is 53.6 Å². The maximum Gasteiger partial charge on any atom is 0.258 e. The zero-order valence-corrected chi connectivity index (χ0v) is 11.7. The van der Waals surface area contributed by atoms with E-state index >= 15 is 0 Å². The van der Waals surface area contributed by atoms with Gasteiger partial charge in [0.2, 0.25) is 5.95 Å². The van der Waals surface area contributed by atoms with Gasteiger partial charge in [0.15, 0.2) is 0 Å². The Labute approximate surface area is 121 Å². The molecule has 1 amide bonds. The van der Waals surface area contributed by atoms with E-state index in [4.69, 9.17) is 0 Å². The van der Waals surface area contributed by atoms with Crippen LogP contribution in [0.25, 0.3) is 11.0 Å². The van der Waals surface area contributed by atoms with E-state index in [1.54, 1.807) is 36.7 Å². The first-order chi connectivity index (χ1) is 10.1. The van der Waals surface area contributed by atoms with Gasteiger partial charge in [-0.2, -0.15) is 0 Å². The molecule has 2 heterocycles.